The van der Waals surface area contributed by atoms with Crippen LogP contribution in [0.1, 0.15) is 17.4 Å². The highest BCUT2D eigenvalue weighted by Gasteiger charge is 2.48. The minimum Gasteiger partial charge on any atom is -0.387 e. The molecule has 2 aliphatic rings. The SMILES string of the molecule is Cc1ccc(S(=O)(=O)OC[C@@H]2OC(c3ccccc3)O[C@H]([C@H]3CO3)[C@@H]2O)cc1. The summed E-state index contributed by atoms with van der Waals surface area (Å²) < 4.78 is 47.1. The predicted octanol–water partition coefficient (Wildman–Crippen LogP) is 1.94. The standard InChI is InChI=1S/C20H22O7S/c1-13-7-9-15(10-8-13)28(22,23)25-12-16-18(21)19(17-11-24-17)27-20(26-16)14-5-3-2-4-6-14/h2-10,16-21H,11-12H2,1H3/t16-,17+,18+,19+,20?/m0/s1. The first kappa shape index (κ1) is 19.5. The van der Waals surface area contributed by atoms with Gasteiger partial charge in [0.05, 0.1) is 18.1 Å². The van der Waals surface area contributed by atoms with Crippen LogP contribution in [0.4, 0.5) is 0 Å². The summed E-state index contributed by atoms with van der Waals surface area (Å²) in [6.45, 7) is 2.03. The van der Waals surface area contributed by atoms with Crippen molar-refractivity contribution >= 4 is 10.1 Å². The monoisotopic (exact) mass is 406 g/mol. The molecule has 2 saturated heterocycles. The number of ether oxygens (including phenoxy) is 3. The smallest absolute Gasteiger partial charge is 0.297 e. The van der Waals surface area contributed by atoms with Crippen LogP contribution in [0.5, 0.6) is 0 Å². The molecule has 28 heavy (non-hydrogen) atoms. The van der Waals surface area contributed by atoms with Crippen molar-refractivity contribution in [1.29, 1.82) is 0 Å². The van der Waals surface area contributed by atoms with Crippen LogP contribution in [0, 0.1) is 6.92 Å². The molecule has 5 atom stereocenters. The van der Waals surface area contributed by atoms with Gasteiger partial charge in [-0.15, -0.1) is 0 Å². The number of benzene rings is 2. The fourth-order valence-electron chi connectivity index (χ4n) is 3.09. The van der Waals surface area contributed by atoms with E-state index in [9.17, 15) is 13.5 Å². The maximum absolute atomic E-state index is 12.5. The first-order chi connectivity index (χ1) is 13.4. The second kappa shape index (κ2) is 7.90. The maximum atomic E-state index is 12.5. The Morgan fingerprint density at radius 3 is 2.39 bits per heavy atom. The number of hydrogen-bond acceptors (Lipinski definition) is 7. The molecule has 2 aliphatic heterocycles. The normalized spacial score (nSPS) is 30.1. The molecule has 0 aromatic heterocycles. The fourth-order valence-corrected chi connectivity index (χ4v) is 4.01. The Morgan fingerprint density at radius 1 is 1.07 bits per heavy atom. The number of aliphatic hydroxyl groups excluding tert-OH is 1. The molecule has 7 nitrogen and oxygen atoms in total. The van der Waals surface area contributed by atoms with Crippen molar-refractivity contribution in [3.05, 3.63) is 65.7 Å². The second-order valence-electron chi connectivity index (χ2n) is 6.93. The zero-order chi connectivity index (χ0) is 19.7. The van der Waals surface area contributed by atoms with Crippen molar-refractivity contribution in [2.45, 2.75) is 42.5 Å². The molecular weight excluding hydrogens is 384 g/mol. The van der Waals surface area contributed by atoms with Gasteiger partial charge in [0.2, 0.25) is 0 Å². The third kappa shape index (κ3) is 4.27. The third-order valence-corrected chi connectivity index (χ3v) is 6.09. The second-order valence-corrected chi connectivity index (χ2v) is 8.55. The minimum atomic E-state index is -3.97. The van der Waals surface area contributed by atoms with Crippen LogP contribution in [0.2, 0.25) is 0 Å². The van der Waals surface area contributed by atoms with Crippen LogP contribution in [0.25, 0.3) is 0 Å². The van der Waals surface area contributed by atoms with Gasteiger partial charge < -0.3 is 19.3 Å². The van der Waals surface area contributed by atoms with Crippen LogP contribution < -0.4 is 0 Å². The number of aliphatic hydroxyl groups is 1. The number of aryl methyl sites for hydroxylation is 1. The van der Waals surface area contributed by atoms with Crippen LogP contribution in [0.15, 0.2) is 59.5 Å². The maximum Gasteiger partial charge on any atom is 0.297 e. The fraction of sp³-hybridized carbons (Fsp3) is 0.400. The Bertz CT molecular complexity index is 894. The molecule has 2 fully saturated rings. The minimum absolute atomic E-state index is 0.0568. The van der Waals surface area contributed by atoms with Crippen molar-refractivity contribution < 1.29 is 31.9 Å². The molecule has 0 saturated carbocycles. The summed E-state index contributed by atoms with van der Waals surface area (Å²) in [5.41, 5.74) is 1.71. The topological polar surface area (TPSA) is 94.6 Å². The average molecular weight is 406 g/mol. The molecule has 150 valence electrons. The van der Waals surface area contributed by atoms with Crippen LogP contribution in [0.3, 0.4) is 0 Å². The lowest BCUT2D eigenvalue weighted by Gasteiger charge is -2.39. The van der Waals surface area contributed by atoms with E-state index in [0.717, 1.165) is 11.1 Å². The van der Waals surface area contributed by atoms with Gasteiger partial charge >= 0.3 is 0 Å². The molecule has 1 unspecified atom stereocenters. The van der Waals surface area contributed by atoms with E-state index in [1.165, 1.54) is 12.1 Å². The van der Waals surface area contributed by atoms with Crippen LogP contribution in [-0.2, 0) is 28.5 Å². The highest BCUT2D eigenvalue weighted by Crippen LogP contribution is 2.35. The Labute approximate surface area is 163 Å². The molecular formula is C20H22O7S. The summed E-state index contributed by atoms with van der Waals surface area (Å²) >= 11 is 0. The summed E-state index contributed by atoms with van der Waals surface area (Å²) in [6, 6.07) is 15.6. The Kier molecular flexibility index (Phi) is 5.50. The molecule has 0 amide bonds. The molecule has 2 aromatic carbocycles. The Hall–Kier alpha value is -1.81. The average Bonchev–Trinajstić information content (AvgIpc) is 3.53. The van der Waals surface area contributed by atoms with Crippen LogP contribution in [-0.4, -0.2) is 51.2 Å². The van der Waals surface area contributed by atoms with E-state index >= 15 is 0 Å². The molecule has 2 heterocycles. The van der Waals surface area contributed by atoms with Gasteiger partial charge in [-0.2, -0.15) is 8.42 Å². The quantitative estimate of drug-likeness (QED) is 0.579. The van der Waals surface area contributed by atoms with E-state index in [0.29, 0.717) is 6.61 Å². The van der Waals surface area contributed by atoms with E-state index in [1.807, 2.05) is 37.3 Å². The summed E-state index contributed by atoms with van der Waals surface area (Å²) in [5, 5.41) is 10.6. The van der Waals surface area contributed by atoms with Gasteiger partial charge in [0, 0.05) is 5.56 Å². The molecule has 0 radical (unpaired) electrons. The van der Waals surface area contributed by atoms with Gasteiger partial charge in [-0.3, -0.25) is 4.18 Å². The Morgan fingerprint density at radius 2 is 1.75 bits per heavy atom. The Balaban J connectivity index is 1.49. The summed E-state index contributed by atoms with van der Waals surface area (Å²) in [4.78, 5) is 0.0568. The molecule has 1 N–H and O–H groups in total. The van der Waals surface area contributed by atoms with Crippen LogP contribution >= 0.6 is 0 Å². The van der Waals surface area contributed by atoms with E-state index in [1.54, 1.807) is 12.1 Å². The summed E-state index contributed by atoms with van der Waals surface area (Å²) in [6.07, 6.45) is -3.54. The summed E-state index contributed by atoms with van der Waals surface area (Å²) in [5.74, 6) is 0. The lowest BCUT2D eigenvalue weighted by Crippen LogP contribution is -2.51. The van der Waals surface area contributed by atoms with Gasteiger partial charge in [0.25, 0.3) is 10.1 Å². The zero-order valence-electron chi connectivity index (χ0n) is 15.3. The van der Waals surface area contributed by atoms with E-state index < -0.39 is 34.7 Å². The lowest BCUT2D eigenvalue weighted by molar-refractivity contribution is -0.295. The largest absolute Gasteiger partial charge is 0.387 e. The van der Waals surface area contributed by atoms with Gasteiger partial charge in [0.15, 0.2) is 6.29 Å². The number of epoxide rings is 1. The van der Waals surface area contributed by atoms with E-state index in [4.69, 9.17) is 18.4 Å². The van der Waals surface area contributed by atoms with Crippen molar-refractivity contribution in [3.8, 4) is 0 Å². The van der Waals surface area contributed by atoms with Crippen molar-refractivity contribution in [1.82, 2.24) is 0 Å². The summed E-state index contributed by atoms with van der Waals surface area (Å²) in [7, 11) is -3.97. The van der Waals surface area contributed by atoms with Gasteiger partial charge in [-0.25, -0.2) is 0 Å². The molecule has 0 aliphatic carbocycles. The van der Waals surface area contributed by atoms with Crippen molar-refractivity contribution in [2.24, 2.45) is 0 Å². The van der Waals surface area contributed by atoms with E-state index in [-0.39, 0.29) is 17.6 Å². The molecule has 4 rings (SSSR count). The molecule has 8 heteroatoms. The lowest BCUT2D eigenvalue weighted by atomic mass is 10.0. The number of hydrogen-bond donors (Lipinski definition) is 1. The first-order valence-electron chi connectivity index (χ1n) is 9.06. The molecule has 2 aromatic rings. The number of rotatable bonds is 6. The first-order valence-corrected chi connectivity index (χ1v) is 10.5. The van der Waals surface area contributed by atoms with Crippen molar-refractivity contribution in [3.63, 3.8) is 0 Å². The highest BCUT2D eigenvalue weighted by atomic mass is 32.2. The van der Waals surface area contributed by atoms with Gasteiger partial charge in [0.1, 0.15) is 24.4 Å². The zero-order valence-corrected chi connectivity index (χ0v) is 16.1. The molecule has 0 spiro atoms. The third-order valence-electron chi connectivity index (χ3n) is 4.79. The van der Waals surface area contributed by atoms with Gasteiger partial charge in [-0.1, -0.05) is 48.0 Å². The highest BCUT2D eigenvalue weighted by molar-refractivity contribution is 7.86. The van der Waals surface area contributed by atoms with E-state index in [2.05, 4.69) is 0 Å². The van der Waals surface area contributed by atoms with Gasteiger partial charge in [-0.05, 0) is 19.1 Å². The molecule has 0 bridgehead atoms. The van der Waals surface area contributed by atoms with Crippen molar-refractivity contribution in [2.75, 3.05) is 13.2 Å². The predicted molar refractivity (Wildman–Crippen MR) is 99.0 cm³/mol.